The van der Waals surface area contributed by atoms with Crippen molar-refractivity contribution in [1.29, 1.82) is 0 Å². The van der Waals surface area contributed by atoms with Gasteiger partial charge in [-0.25, -0.2) is 0 Å². The number of nitrogens with zero attached hydrogens (tertiary/aromatic N) is 2. The Bertz CT molecular complexity index is 797. The Morgan fingerprint density at radius 3 is 2.96 bits per heavy atom. The molecule has 2 heterocycles. The first-order chi connectivity index (χ1) is 13.7. The monoisotopic (exact) mass is 382 g/mol. The Morgan fingerprint density at radius 1 is 1.32 bits per heavy atom. The number of hydrogen-bond donors (Lipinski definition) is 2. The van der Waals surface area contributed by atoms with E-state index >= 15 is 0 Å². The molecule has 1 atom stereocenters. The Hall–Kier alpha value is -2.93. The van der Waals surface area contributed by atoms with Gasteiger partial charge in [0, 0.05) is 38.6 Å². The zero-order valence-electron chi connectivity index (χ0n) is 16.1. The number of hydrogen-bond acceptors (Lipinski definition) is 5. The summed E-state index contributed by atoms with van der Waals surface area (Å²) in [6, 6.07) is 11.2. The topological polar surface area (TPSA) is 83.6 Å². The van der Waals surface area contributed by atoms with E-state index in [0.29, 0.717) is 32.6 Å². The fourth-order valence-electron chi connectivity index (χ4n) is 3.32. The molecule has 2 aromatic rings. The standard InChI is InChI=1S/C21H26N4O3/c1-28-18-6-2-4-17(12-18)15-25-11-10-24-21(27)19(25)13-20(26)23-9-7-16-5-3-8-22-14-16/h2-6,8,12,14,19H,7,9-11,13,15H2,1H3,(H,23,26)(H,24,27). The molecule has 1 saturated heterocycles. The van der Waals surface area contributed by atoms with Crippen molar-refractivity contribution in [2.75, 3.05) is 26.7 Å². The van der Waals surface area contributed by atoms with E-state index in [-0.39, 0.29) is 18.2 Å². The van der Waals surface area contributed by atoms with Crippen molar-refractivity contribution in [3.8, 4) is 5.75 Å². The van der Waals surface area contributed by atoms with E-state index in [9.17, 15) is 9.59 Å². The van der Waals surface area contributed by atoms with E-state index in [2.05, 4.69) is 15.6 Å². The summed E-state index contributed by atoms with van der Waals surface area (Å²) in [5.41, 5.74) is 2.12. The first-order valence-corrected chi connectivity index (χ1v) is 9.46. The van der Waals surface area contributed by atoms with Gasteiger partial charge in [-0.1, -0.05) is 18.2 Å². The van der Waals surface area contributed by atoms with Crippen LogP contribution in [0.2, 0.25) is 0 Å². The number of aromatic nitrogens is 1. The second-order valence-corrected chi connectivity index (χ2v) is 6.79. The third-order valence-corrected chi connectivity index (χ3v) is 4.80. The third kappa shape index (κ3) is 5.53. The van der Waals surface area contributed by atoms with Crippen molar-refractivity contribution < 1.29 is 14.3 Å². The van der Waals surface area contributed by atoms with Gasteiger partial charge >= 0.3 is 0 Å². The number of methoxy groups -OCH3 is 1. The molecule has 1 aliphatic heterocycles. The van der Waals surface area contributed by atoms with Crippen molar-refractivity contribution in [2.24, 2.45) is 0 Å². The van der Waals surface area contributed by atoms with Crippen LogP contribution in [0, 0.1) is 0 Å². The largest absolute Gasteiger partial charge is 0.497 e. The summed E-state index contributed by atoms with van der Waals surface area (Å²) in [7, 11) is 1.63. The Morgan fingerprint density at radius 2 is 2.18 bits per heavy atom. The maximum Gasteiger partial charge on any atom is 0.237 e. The van der Waals surface area contributed by atoms with Gasteiger partial charge in [0.05, 0.1) is 19.6 Å². The number of carbonyl (C=O) groups excluding carboxylic acids is 2. The quantitative estimate of drug-likeness (QED) is 0.715. The molecule has 7 heteroatoms. The van der Waals surface area contributed by atoms with E-state index in [1.807, 2.05) is 41.3 Å². The van der Waals surface area contributed by atoms with Crippen LogP contribution in [0.1, 0.15) is 17.5 Å². The first kappa shape index (κ1) is 19.8. The lowest BCUT2D eigenvalue weighted by Gasteiger charge is -2.34. The summed E-state index contributed by atoms with van der Waals surface area (Å²) in [5.74, 6) is 0.557. The zero-order chi connectivity index (χ0) is 19.8. The highest BCUT2D eigenvalue weighted by atomic mass is 16.5. The fraction of sp³-hybridized carbons (Fsp3) is 0.381. The maximum absolute atomic E-state index is 12.4. The van der Waals surface area contributed by atoms with Crippen LogP contribution in [0.15, 0.2) is 48.8 Å². The van der Waals surface area contributed by atoms with E-state index in [1.165, 1.54) is 0 Å². The van der Waals surface area contributed by atoms with Gasteiger partial charge in [0.2, 0.25) is 11.8 Å². The van der Waals surface area contributed by atoms with Crippen LogP contribution < -0.4 is 15.4 Å². The van der Waals surface area contributed by atoms with Crippen LogP contribution >= 0.6 is 0 Å². The van der Waals surface area contributed by atoms with Gasteiger partial charge in [-0.15, -0.1) is 0 Å². The van der Waals surface area contributed by atoms with Crippen molar-refractivity contribution in [3.05, 3.63) is 59.9 Å². The number of ether oxygens (including phenoxy) is 1. The summed E-state index contributed by atoms with van der Waals surface area (Å²) in [5, 5.41) is 5.77. The molecule has 7 nitrogen and oxygen atoms in total. The van der Waals surface area contributed by atoms with Gasteiger partial charge < -0.3 is 15.4 Å². The predicted octanol–water partition coefficient (Wildman–Crippen LogP) is 1.14. The van der Waals surface area contributed by atoms with Crippen molar-refractivity contribution in [2.45, 2.75) is 25.4 Å². The summed E-state index contributed by atoms with van der Waals surface area (Å²) >= 11 is 0. The van der Waals surface area contributed by atoms with Gasteiger partial charge in [0.15, 0.2) is 0 Å². The van der Waals surface area contributed by atoms with E-state index in [1.54, 1.807) is 19.5 Å². The maximum atomic E-state index is 12.4. The van der Waals surface area contributed by atoms with Crippen LogP contribution in [0.25, 0.3) is 0 Å². The average molecular weight is 382 g/mol. The molecule has 1 unspecified atom stereocenters. The normalized spacial score (nSPS) is 17.0. The van der Waals surface area contributed by atoms with Crippen LogP contribution in [0.5, 0.6) is 5.75 Å². The van der Waals surface area contributed by atoms with Crippen LogP contribution in [0.3, 0.4) is 0 Å². The number of pyridine rings is 1. The molecular formula is C21H26N4O3. The first-order valence-electron chi connectivity index (χ1n) is 9.46. The van der Waals surface area contributed by atoms with Crippen LogP contribution in [-0.4, -0.2) is 54.5 Å². The third-order valence-electron chi connectivity index (χ3n) is 4.80. The lowest BCUT2D eigenvalue weighted by molar-refractivity contribution is -0.134. The highest BCUT2D eigenvalue weighted by Gasteiger charge is 2.31. The molecule has 1 aromatic carbocycles. The SMILES string of the molecule is COc1cccc(CN2CCNC(=O)C2CC(=O)NCCc2cccnc2)c1. The Labute approximate surface area is 165 Å². The molecule has 1 aromatic heterocycles. The zero-order valence-corrected chi connectivity index (χ0v) is 16.1. The van der Waals surface area contributed by atoms with Crippen molar-refractivity contribution in [3.63, 3.8) is 0 Å². The van der Waals surface area contributed by atoms with Gasteiger partial charge in [0.25, 0.3) is 0 Å². The number of piperazine rings is 1. The number of nitrogens with one attached hydrogen (secondary N) is 2. The molecule has 2 amide bonds. The van der Waals surface area contributed by atoms with Crippen LogP contribution in [0.4, 0.5) is 0 Å². The molecule has 0 aliphatic carbocycles. The molecule has 28 heavy (non-hydrogen) atoms. The second-order valence-electron chi connectivity index (χ2n) is 6.79. The molecule has 1 aliphatic rings. The summed E-state index contributed by atoms with van der Waals surface area (Å²) in [6.45, 7) is 2.41. The van der Waals surface area contributed by atoms with E-state index in [0.717, 1.165) is 16.9 Å². The number of benzene rings is 1. The smallest absolute Gasteiger partial charge is 0.237 e. The minimum atomic E-state index is -0.474. The minimum Gasteiger partial charge on any atom is -0.497 e. The highest BCUT2D eigenvalue weighted by molar-refractivity contribution is 5.88. The lowest BCUT2D eigenvalue weighted by Crippen LogP contribution is -2.56. The lowest BCUT2D eigenvalue weighted by atomic mass is 10.1. The molecular weight excluding hydrogens is 356 g/mol. The molecule has 0 spiro atoms. The molecule has 0 saturated carbocycles. The van der Waals surface area contributed by atoms with Gasteiger partial charge in [-0.3, -0.25) is 19.5 Å². The highest BCUT2D eigenvalue weighted by Crippen LogP contribution is 2.18. The summed E-state index contributed by atoms with van der Waals surface area (Å²) in [6.07, 6.45) is 4.37. The van der Waals surface area contributed by atoms with E-state index in [4.69, 9.17) is 4.74 Å². The van der Waals surface area contributed by atoms with Crippen molar-refractivity contribution in [1.82, 2.24) is 20.5 Å². The predicted molar refractivity (Wildman–Crippen MR) is 106 cm³/mol. The van der Waals surface area contributed by atoms with Crippen molar-refractivity contribution >= 4 is 11.8 Å². The van der Waals surface area contributed by atoms with E-state index < -0.39 is 6.04 Å². The minimum absolute atomic E-state index is 0.100. The number of rotatable bonds is 8. The summed E-state index contributed by atoms with van der Waals surface area (Å²) < 4.78 is 5.27. The Kier molecular flexibility index (Phi) is 6.97. The summed E-state index contributed by atoms with van der Waals surface area (Å²) in [4.78, 5) is 30.9. The van der Waals surface area contributed by atoms with Gasteiger partial charge in [-0.2, -0.15) is 0 Å². The second kappa shape index (κ2) is 9.85. The average Bonchev–Trinajstić information content (AvgIpc) is 2.71. The molecule has 0 bridgehead atoms. The molecule has 2 N–H and O–H groups in total. The van der Waals surface area contributed by atoms with Crippen LogP contribution in [-0.2, 0) is 22.6 Å². The Balaban J connectivity index is 1.55. The molecule has 0 radical (unpaired) electrons. The van der Waals surface area contributed by atoms with Gasteiger partial charge in [0.1, 0.15) is 5.75 Å². The molecule has 1 fully saturated rings. The molecule has 3 rings (SSSR count). The van der Waals surface area contributed by atoms with Gasteiger partial charge in [-0.05, 0) is 35.7 Å². The number of carbonyl (C=O) groups is 2. The number of amides is 2. The molecule has 148 valence electrons. The fourth-order valence-corrected chi connectivity index (χ4v) is 3.32.